The maximum Gasteiger partial charge on any atom is 0.187 e. The van der Waals surface area contributed by atoms with Crippen molar-refractivity contribution in [1.82, 2.24) is 0 Å². The summed E-state index contributed by atoms with van der Waals surface area (Å²) in [6.45, 7) is 3.94. The van der Waals surface area contributed by atoms with Gasteiger partial charge in [0.2, 0.25) is 0 Å². The predicted octanol–water partition coefficient (Wildman–Crippen LogP) is 4.90. The van der Waals surface area contributed by atoms with Crippen molar-refractivity contribution >= 4 is 23.1 Å². The van der Waals surface area contributed by atoms with E-state index in [1.165, 1.54) is 30.5 Å². The van der Waals surface area contributed by atoms with Crippen LogP contribution in [0, 0.1) is 19.7 Å². The van der Waals surface area contributed by atoms with Crippen LogP contribution in [0.1, 0.15) is 21.5 Å². The van der Waals surface area contributed by atoms with Crippen molar-refractivity contribution in [3.63, 3.8) is 0 Å². The van der Waals surface area contributed by atoms with Crippen LogP contribution < -0.4 is 5.32 Å². The van der Waals surface area contributed by atoms with E-state index in [9.17, 15) is 9.18 Å². The first-order valence-corrected chi connectivity index (χ1v) is 6.85. The van der Waals surface area contributed by atoms with Crippen LogP contribution in [0.3, 0.4) is 0 Å². The van der Waals surface area contributed by atoms with Gasteiger partial charge in [0.05, 0.1) is 5.69 Å². The first-order chi connectivity index (χ1) is 9.97. The summed E-state index contributed by atoms with van der Waals surface area (Å²) in [6.07, 6.45) is 2.77. The number of benzene rings is 2. The molecule has 108 valence electrons. The van der Waals surface area contributed by atoms with E-state index in [1.807, 2.05) is 26.0 Å². The molecule has 0 aliphatic carbocycles. The second kappa shape index (κ2) is 6.55. The zero-order valence-corrected chi connectivity index (χ0v) is 12.5. The molecule has 0 amide bonds. The monoisotopic (exact) mass is 303 g/mol. The molecule has 2 rings (SSSR count). The average Bonchev–Trinajstić information content (AvgIpc) is 2.45. The largest absolute Gasteiger partial charge is 0.359 e. The highest BCUT2D eigenvalue weighted by molar-refractivity contribution is 6.30. The fraction of sp³-hybridized carbons (Fsp3) is 0.118. The summed E-state index contributed by atoms with van der Waals surface area (Å²) in [6, 6.07) is 9.70. The molecule has 2 nitrogen and oxygen atoms in total. The van der Waals surface area contributed by atoms with Gasteiger partial charge in [-0.05, 0) is 49.2 Å². The Morgan fingerprint density at radius 1 is 1.14 bits per heavy atom. The van der Waals surface area contributed by atoms with E-state index in [0.717, 1.165) is 11.1 Å². The average molecular weight is 304 g/mol. The Balaban J connectivity index is 2.08. The molecule has 2 aromatic rings. The third kappa shape index (κ3) is 3.92. The number of hydrogen-bond donors (Lipinski definition) is 1. The molecule has 0 saturated heterocycles. The molecule has 0 heterocycles. The smallest absolute Gasteiger partial charge is 0.187 e. The molecule has 2 aromatic carbocycles. The molecule has 0 fully saturated rings. The van der Waals surface area contributed by atoms with Crippen molar-refractivity contribution in [3.05, 3.63) is 76.2 Å². The van der Waals surface area contributed by atoms with Crippen LogP contribution in [0.5, 0.6) is 0 Å². The molecule has 4 heteroatoms. The maximum atomic E-state index is 13.5. The minimum Gasteiger partial charge on any atom is -0.359 e. The van der Waals surface area contributed by atoms with Gasteiger partial charge >= 0.3 is 0 Å². The van der Waals surface area contributed by atoms with Gasteiger partial charge in [0.25, 0.3) is 0 Å². The first-order valence-electron chi connectivity index (χ1n) is 6.47. The molecule has 0 atom stereocenters. The summed E-state index contributed by atoms with van der Waals surface area (Å²) in [5.41, 5.74) is 3.02. The number of halogens is 2. The van der Waals surface area contributed by atoms with Crippen molar-refractivity contribution in [2.45, 2.75) is 13.8 Å². The number of carbonyl (C=O) groups is 1. The van der Waals surface area contributed by atoms with Gasteiger partial charge in [0.1, 0.15) is 5.82 Å². The zero-order valence-electron chi connectivity index (χ0n) is 11.8. The van der Waals surface area contributed by atoms with Gasteiger partial charge in [-0.25, -0.2) is 4.39 Å². The molecule has 0 spiro atoms. The number of allylic oxidation sites excluding steroid dienone is 1. The number of anilines is 1. The molecule has 1 N–H and O–H groups in total. The summed E-state index contributed by atoms with van der Waals surface area (Å²) in [5.74, 6) is -0.573. The summed E-state index contributed by atoms with van der Waals surface area (Å²) in [5, 5.41) is 3.14. The third-order valence-electron chi connectivity index (χ3n) is 3.19. The van der Waals surface area contributed by atoms with Crippen molar-refractivity contribution in [2.24, 2.45) is 0 Å². The van der Waals surface area contributed by atoms with Crippen LogP contribution in [0.4, 0.5) is 10.1 Å². The Bertz CT molecular complexity index is 710. The van der Waals surface area contributed by atoms with E-state index >= 15 is 0 Å². The third-order valence-corrected chi connectivity index (χ3v) is 3.43. The highest BCUT2D eigenvalue weighted by atomic mass is 35.5. The molecule has 21 heavy (non-hydrogen) atoms. The Kier molecular flexibility index (Phi) is 4.76. The minimum atomic E-state index is -0.428. The molecule has 0 aliphatic heterocycles. The quantitative estimate of drug-likeness (QED) is 0.642. The lowest BCUT2D eigenvalue weighted by Gasteiger charge is -2.04. The van der Waals surface area contributed by atoms with Crippen LogP contribution >= 0.6 is 11.6 Å². The molecule has 0 aromatic heterocycles. The van der Waals surface area contributed by atoms with Crippen LogP contribution in [0.25, 0.3) is 0 Å². The van der Waals surface area contributed by atoms with Crippen molar-refractivity contribution < 1.29 is 9.18 Å². The normalized spacial score (nSPS) is 10.9. The van der Waals surface area contributed by atoms with Crippen LogP contribution in [-0.4, -0.2) is 5.78 Å². The zero-order chi connectivity index (χ0) is 15.4. The van der Waals surface area contributed by atoms with Gasteiger partial charge in [-0.15, -0.1) is 0 Å². The Labute approximate surface area is 128 Å². The highest BCUT2D eigenvalue weighted by Gasteiger charge is 2.04. The summed E-state index contributed by atoms with van der Waals surface area (Å²) in [7, 11) is 0. The van der Waals surface area contributed by atoms with Crippen LogP contribution in [0.2, 0.25) is 5.02 Å². The standard InChI is InChI=1S/C17H15ClFNO/c1-11-3-4-13(9-12(11)2)17(21)7-8-20-16-10-14(18)5-6-15(16)19/h3-10,20H,1-2H3. The second-order valence-corrected chi connectivity index (χ2v) is 5.20. The molecule has 0 unspecified atom stereocenters. The molecule has 0 saturated carbocycles. The summed E-state index contributed by atoms with van der Waals surface area (Å²) < 4.78 is 13.5. The Morgan fingerprint density at radius 2 is 1.90 bits per heavy atom. The van der Waals surface area contributed by atoms with E-state index < -0.39 is 5.82 Å². The Hall–Kier alpha value is -2.13. The molecular formula is C17H15ClFNO. The van der Waals surface area contributed by atoms with Crippen molar-refractivity contribution in [1.29, 1.82) is 0 Å². The minimum absolute atomic E-state index is 0.145. The fourth-order valence-electron chi connectivity index (χ4n) is 1.81. The number of ketones is 1. The number of carbonyl (C=O) groups excluding carboxylic acids is 1. The van der Waals surface area contributed by atoms with Crippen LogP contribution in [-0.2, 0) is 0 Å². The lowest BCUT2D eigenvalue weighted by molar-refractivity contribution is 0.104. The van der Waals surface area contributed by atoms with Crippen molar-refractivity contribution in [3.8, 4) is 0 Å². The summed E-state index contributed by atoms with van der Waals surface area (Å²) in [4.78, 5) is 12.0. The van der Waals surface area contributed by atoms with Gasteiger partial charge < -0.3 is 5.32 Å². The fourth-order valence-corrected chi connectivity index (χ4v) is 1.98. The van der Waals surface area contributed by atoms with Gasteiger partial charge in [0.15, 0.2) is 5.78 Å². The topological polar surface area (TPSA) is 29.1 Å². The number of nitrogens with one attached hydrogen (secondary N) is 1. The van der Waals surface area contributed by atoms with Gasteiger partial charge in [-0.1, -0.05) is 23.7 Å². The molecule has 0 bridgehead atoms. The van der Waals surface area contributed by atoms with Gasteiger partial charge in [-0.3, -0.25) is 4.79 Å². The van der Waals surface area contributed by atoms with Crippen molar-refractivity contribution in [2.75, 3.05) is 5.32 Å². The Morgan fingerprint density at radius 3 is 2.62 bits per heavy atom. The predicted molar refractivity (Wildman–Crippen MR) is 84.4 cm³/mol. The van der Waals surface area contributed by atoms with E-state index in [1.54, 1.807) is 6.07 Å². The number of hydrogen-bond acceptors (Lipinski definition) is 2. The van der Waals surface area contributed by atoms with Crippen LogP contribution in [0.15, 0.2) is 48.7 Å². The maximum absolute atomic E-state index is 13.5. The first kappa shape index (κ1) is 15.3. The van der Waals surface area contributed by atoms with Gasteiger partial charge in [-0.2, -0.15) is 0 Å². The van der Waals surface area contributed by atoms with E-state index in [-0.39, 0.29) is 11.5 Å². The van der Waals surface area contributed by atoms with E-state index in [4.69, 9.17) is 11.6 Å². The van der Waals surface area contributed by atoms with E-state index in [2.05, 4.69) is 5.32 Å². The SMILES string of the molecule is Cc1ccc(C(=O)C=CNc2cc(Cl)ccc2F)cc1C. The lowest BCUT2D eigenvalue weighted by Crippen LogP contribution is -1.98. The number of aryl methyl sites for hydroxylation is 2. The molecular weight excluding hydrogens is 289 g/mol. The van der Waals surface area contributed by atoms with E-state index in [0.29, 0.717) is 10.6 Å². The summed E-state index contributed by atoms with van der Waals surface area (Å²) >= 11 is 5.79. The molecule has 0 aliphatic rings. The lowest BCUT2D eigenvalue weighted by atomic mass is 10.0. The number of rotatable bonds is 4. The van der Waals surface area contributed by atoms with Gasteiger partial charge in [0, 0.05) is 22.9 Å². The molecule has 0 radical (unpaired) electrons. The second-order valence-electron chi connectivity index (χ2n) is 4.77. The highest BCUT2D eigenvalue weighted by Crippen LogP contribution is 2.19.